The molecule has 42 heavy (non-hydrogen) atoms. The Morgan fingerprint density at radius 1 is 1.19 bits per heavy atom. The van der Waals surface area contributed by atoms with Gasteiger partial charge in [0.15, 0.2) is 11.3 Å². The first-order valence-corrected chi connectivity index (χ1v) is 13.0. The van der Waals surface area contributed by atoms with Crippen LogP contribution in [0.2, 0.25) is 0 Å². The van der Waals surface area contributed by atoms with E-state index in [9.17, 15) is 35.9 Å². The number of fused-ring (bicyclic) bond motifs is 1. The zero-order chi connectivity index (χ0) is 30.6. The lowest BCUT2D eigenvalue weighted by atomic mass is 10.1. The summed E-state index contributed by atoms with van der Waals surface area (Å²) in [5.41, 5.74) is -1.08. The third-order valence-electron chi connectivity index (χ3n) is 7.43. The van der Waals surface area contributed by atoms with E-state index in [1.54, 1.807) is 25.1 Å². The lowest BCUT2D eigenvalue weighted by Crippen LogP contribution is -2.44. The fraction of sp³-hybridized carbons (Fsp3) is 0.560. The molecule has 1 aliphatic heterocycles. The van der Waals surface area contributed by atoms with E-state index in [4.69, 9.17) is 9.37 Å². The summed E-state index contributed by atoms with van der Waals surface area (Å²) in [4.78, 5) is 33.7. The second-order valence-electron chi connectivity index (χ2n) is 10.9. The highest BCUT2D eigenvalue weighted by Gasteiger charge is 2.49. The number of urea groups is 1. The number of alkyl halides is 6. The van der Waals surface area contributed by atoms with Gasteiger partial charge in [-0.15, -0.1) is 0 Å². The van der Waals surface area contributed by atoms with E-state index in [0.717, 1.165) is 31.6 Å². The van der Waals surface area contributed by atoms with Gasteiger partial charge in [-0.2, -0.15) is 26.3 Å². The molecule has 1 saturated heterocycles. The van der Waals surface area contributed by atoms with Crippen molar-refractivity contribution >= 4 is 23.0 Å². The summed E-state index contributed by atoms with van der Waals surface area (Å²) in [5.74, 6) is -0.682. The summed E-state index contributed by atoms with van der Waals surface area (Å²) in [6.07, 6.45) is -7.72. The van der Waals surface area contributed by atoms with Gasteiger partial charge in [-0.25, -0.2) is 14.4 Å². The average Bonchev–Trinajstić information content (AvgIpc) is 3.29. The van der Waals surface area contributed by atoms with E-state index >= 15 is 0 Å². The molecule has 3 heterocycles. The molecule has 1 aromatic carbocycles. The number of carbonyl (C=O) groups is 2. The Kier molecular flexibility index (Phi) is 7.35. The molecule has 2 fully saturated rings. The third-order valence-corrected chi connectivity index (χ3v) is 7.43. The maximum Gasteiger partial charge on any atom is 0.416 e. The van der Waals surface area contributed by atoms with E-state index in [1.165, 1.54) is 0 Å². The highest BCUT2D eigenvalue weighted by Crippen LogP contribution is 2.40. The number of carbonyl (C=O) groups excluding carboxylic acids is 2. The molecule has 3 atom stereocenters. The number of amides is 3. The Morgan fingerprint density at radius 3 is 2.52 bits per heavy atom. The Morgan fingerprint density at radius 2 is 1.90 bits per heavy atom. The van der Waals surface area contributed by atoms with E-state index in [0.29, 0.717) is 22.3 Å². The zero-order valence-electron chi connectivity index (χ0n) is 22.6. The van der Waals surface area contributed by atoms with E-state index < -0.39 is 61.2 Å². The summed E-state index contributed by atoms with van der Waals surface area (Å²) in [6.45, 7) is 2.07. The first kappa shape index (κ1) is 29.6. The molecule has 2 aromatic heterocycles. The van der Waals surface area contributed by atoms with Crippen LogP contribution in [-0.4, -0.2) is 74.3 Å². The van der Waals surface area contributed by atoms with Crippen LogP contribution in [0.25, 0.3) is 11.0 Å². The van der Waals surface area contributed by atoms with Crippen molar-refractivity contribution in [2.75, 3.05) is 13.2 Å². The number of hydrogen-bond acceptors (Lipinski definition) is 7. The predicted octanol–water partition coefficient (Wildman–Crippen LogP) is 4.67. The molecule has 0 unspecified atom stereocenters. The van der Waals surface area contributed by atoms with Crippen LogP contribution < -0.4 is 10.6 Å². The number of hydrogen-bond donors (Lipinski definition) is 3. The average molecular weight is 604 g/mol. The number of rotatable bonds is 9. The number of H-pyrrole nitrogens is 1. The number of nitrogens with zero attached hydrogens (tertiary/aromatic N) is 4. The number of aromatic nitrogens is 4. The first-order chi connectivity index (χ1) is 19.5. The predicted molar refractivity (Wildman–Crippen MR) is 132 cm³/mol. The Hall–Kier alpha value is -3.89. The maximum absolute atomic E-state index is 13.5. The lowest BCUT2D eigenvalue weighted by Gasteiger charge is -2.29. The van der Waals surface area contributed by atoms with Crippen LogP contribution in [0.1, 0.15) is 79.2 Å². The summed E-state index contributed by atoms with van der Waals surface area (Å²) < 4.78 is 89.8. The van der Waals surface area contributed by atoms with Crippen LogP contribution in [0.3, 0.4) is 0 Å². The minimum atomic E-state index is -4.71. The number of halogens is 6. The highest BCUT2D eigenvalue weighted by molar-refractivity contribution is 5.93. The van der Waals surface area contributed by atoms with Crippen LogP contribution in [0.4, 0.5) is 31.1 Å². The summed E-state index contributed by atoms with van der Waals surface area (Å²) in [7, 11) is 0. The van der Waals surface area contributed by atoms with Crippen molar-refractivity contribution in [1.82, 2.24) is 35.8 Å². The van der Waals surface area contributed by atoms with Gasteiger partial charge in [0.25, 0.3) is 5.91 Å². The van der Waals surface area contributed by atoms with Gasteiger partial charge >= 0.3 is 18.4 Å². The lowest BCUT2D eigenvalue weighted by molar-refractivity contribution is -0.265. The second kappa shape index (κ2) is 10.4. The molecule has 17 heteroatoms. The van der Waals surface area contributed by atoms with E-state index in [2.05, 4.69) is 25.6 Å². The van der Waals surface area contributed by atoms with Crippen LogP contribution in [0.15, 0.2) is 22.8 Å². The van der Waals surface area contributed by atoms with Gasteiger partial charge in [0.1, 0.15) is 23.6 Å². The second-order valence-corrected chi connectivity index (χ2v) is 10.9. The van der Waals surface area contributed by atoms with Gasteiger partial charge in [-0.1, -0.05) is 11.2 Å². The number of nitrogens with one attached hydrogen (secondary N) is 3. The first-order valence-electron chi connectivity index (χ1n) is 13.0. The molecule has 3 N–H and O–H groups in total. The Balaban J connectivity index is 1.40. The highest BCUT2D eigenvalue weighted by atomic mass is 19.4. The molecule has 0 spiro atoms. The van der Waals surface area contributed by atoms with Crippen LogP contribution in [0, 0.1) is 0 Å². The van der Waals surface area contributed by atoms with Gasteiger partial charge in [-0.05, 0) is 56.5 Å². The maximum atomic E-state index is 13.5. The Bertz CT molecular complexity index is 1480. The molecule has 1 saturated carbocycles. The minimum Gasteiger partial charge on any atom is -0.364 e. The topological polar surface area (TPSA) is 138 Å². The SMILES string of the molecule is C[C@H](c1ccc2nc([C@H](COC(C)(C)C(F)(F)F)NC(=O)c3nonc3C3CC3)[nH]c2c1)N1C[C@@H](C(F)(F)F)NC1=O. The van der Waals surface area contributed by atoms with Crippen LogP contribution >= 0.6 is 0 Å². The number of ether oxygens (including phenoxy) is 1. The van der Waals surface area contributed by atoms with Crippen molar-refractivity contribution in [1.29, 1.82) is 0 Å². The number of benzene rings is 1. The molecular weight excluding hydrogens is 576 g/mol. The third kappa shape index (κ3) is 5.87. The van der Waals surface area contributed by atoms with Crippen LogP contribution in [-0.2, 0) is 4.74 Å². The van der Waals surface area contributed by atoms with Crippen molar-refractivity contribution in [2.45, 2.75) is 75.6 Å². The van der Waals surface area contributed by atoms with Crippen LogP contribution in [0.5, 0.6) is 0 Å². The van der Waals surface area contributed by atoms with E-state index in [-0.39, 0.29) is 17.4 Å². The van der Waals surface area contributed by atoms with Gasteiger partial charge < -0.3 is 25.3 Å². The monoisotopic (exact) mass is 603 g/mol. The Labute approximate surface area is 234 Å². The van der Waals surface area contributed by atoms with Crippen molar-refractivity contribution in [2.24, 2.45) is 0 Å². The quantitative estimate of drug-likeness (QED) is 0.302. The molecule has 5 rings (SSSR count). The molecule has 1 aliphatic carbocycles. The van der Waals surface area contributed by atoms with Crippen molar-refractivity contribution in [3.8, 4) is 0 Å². The van der Waals surface area contributed by atoms with Gasteiger partial charge in [0.05, 0.1) is 30.2 Å². The zero-order valence-corrected chi connectivity index (χ0v) is 22.6. The van der Waals surface area contributed by atoms with E-state index in [1.807, 2.05) is 5.32 Å². The fourth-order valence-electron chi connectivity index (χ4n) is 4.50. The smallest absolute Gasteiger partial charge is 0.364 e. The minimum absolute atomic E-state index is 0.00609. The molecule has 11 nitrogen and oxygen atoms in total. The van der Waals surface area contributed by atoms with Crippen molar-refractivity contribution in [3.63, 3.8) is 0 Å². The number of aromatic amines is 1. The molecule has 2 aliphatic rings. The normalized spacial score (nSPS) is 19.7. The van der Waals surface area contributed by atoms with Crippen molar-refractivity contribution in [3.05, 3.63) is 41.0 Å². The van der Waals surface area contributed by atoms with Crippen molar-refractivity contribution < 1.29 is 45.3 Å². The molecule has 3 amide bonds. The van der Waals surface area contributed by atoms with Gasteiger partial charge in [0, 0.05) is 5.92 Å². The standard InChI is InChI=1S/C25H27F6N7O4/c1-11(38-9-17(24(26,27)28)35-22(38)40)13-6-7-14-15(8-13)33-20(32-14)16(10-41-23(2,3)25(29,30)31)34-21(39)19-18(12-4-5-12)36-42-37-19/h6-8,11-12,16-17H,4-5,9-10H2,1-3H3,(H,32,33)(H,34,39)(H,35,40)/t11-,16+,17+/m1/s1. The number of imidazole rings is 1. The largest absolute Gasteiger partial charge is 0.416 e. The molecule has 0 bridgehead atoms. The molecule has 228 valence electrons. The van der Waals surface area contributed by atoms with Gasteiger partial charge in [-0.3, -0.25) is 4.79 Å². The fourth-order valence-corrected chi connectivity index (χ4v) is 4.50. The molecule has 3 aromatic rings. The molecular formula is C25H27F6N7O4. The summed E-state index contributed by atoms with van der Waals surface area (Å²) in [5, 5.41) is 11.9. The molecule has 0 radical (unpaired) electrons. The summed E-state index contributed by atoms with van der Waals surface area (Å²) in [6, 6.07) is -0.130. The van der Waals surface area contributed by atoms with Gasteiger partial charge in [0.2, 0.25) is 0 Å². The summed E-state index contributed by atoms with van der Waals surface area (Å²) >= 11 is 0.